The van der Waals surface area contributed by atoms with Gasteiger partial charge in [0.1, 0.15) is 12.6 Å². The number of hydrogen-bond donors (Lipinski definition) is 1. The van der Waals surface area contributed by atoms with E-state index in [0.29, 0.717) is 5.82 Å². The Morgan fingerprint density at radius 2 is 2.42 bits per heavy atom. The Morgan fingerprint density at radius 3 is 2.83 bits per heavy atom. The van der Waals surface area contributed by atoms with Crippen molar-refractivity contribution in [3.05, 3.63) is 16.3 Å². The molecule has 1 aromatic rings. The van der Waals surface area contributed by atoms with E-state index in [1.165, 1.54) is 4.57 Å². The molecule has 0 spiro atoms. The normalized spacial score (nSPS) is 9.75. The Hall–Kier alpha value is -1.54. The minimum Gasteiger partial charge on any atom is -0.374 e. The van der Waals surface area contributed by atoms with Gasteiger partial charge in [-0.1, -0.05) is 5.92 Å². The number of aryl methyl sites for hydroxylation is 1. The number of aliphatic hydroxyl groups excluding tert-OH is 1. The zero-order chi connectivity index (χ0) is 9.14. The fraction of sp³-hybridized carbons (Fsp3) is 0.429. The second-order valence-corrected chi connectivity index (χ2v) is 2.26. The second-order valence-electron chi connectivity index (χ2n) is 2.26. The third-order valence-corrected chi connectivity index (χ3v) is 1.49. The van der Waals surface area contributed by atoms with E-state index >= 15 is 0 Å². The first-order valence-electron chi connectivity index (χ1n) is 3.39. The summed E-state index contributed by atoms with van der Waals surface area (Å²) in [4.78, 5) is 11.2. The zero-order valence-corrected chi connectivity index (χ0v) is 6.69. The highest BCUT2D eigenvalue weighted by molar-refractivity contribution is 4.92. The Kier molecular flexibility index (Phi) is 2.31. The SMILES string of the molecule is C#CCn1c(C)nn(CO)c1=O. The number of terminal acetylenes is 1. The molecule has 0 aliphatic carbocycles. The predicted octanol–water partition coefficient (Wildman–Crippen LogP) is -1.06. The van der Waals surface area contributed by atoms with Gasteiger partial charge in [0.05, 0.1) is 6.54 Å². The van der Waals surface area contributed by atoms with E-state index in [1.807, 2.05) is 0 Å². The molecule has 5 heteroatoms. The zero-order valence-electron chi connectivity index (χ0n) is 6.69. The standard InChI is InChI=1S/C7H9N3O2/c1-3-4-9-6(2)8-10(5-11)7(9)12/h1,11H,4-5H2,2H3. The summed E-state index contributed by atoms with van der Waals surface area (Å²) in [7, 11) is 0. The van der Waals surface area contributed by atoms with Crippen LogP contribution < -0.4 is 5.69 Å². The van der Waals surface area contributed by atoms with Gasteiger partial charge in [0.2, 0.25) is 0 Å². The lowest BCUT2D eigenvalue weighted by atomic mass is 10.6. The molecule has 0 unspecified atom stereocenters. The smallest absolute Gasteiger partial charge is 0.349 e. The second kappa shape index (κ2) is 3.24. The van der Waals surface area contributed by atoms with Gasteiger partial charge in [-0.2, -0.15) is 9.78 Å². The van der Waals surface area contributed by atoms with Crippen LogP contribution in [0.2, 0.25) is 0 Å². The Morgan fingerprint density at radius 1 is 1.75 bits per heavy atom. The maximum atomic E-state index is 11.2. The summed E-state index contributed by atoms with van der Waals surface area (Å²) in [6, 6.07) is 0. The summed E-state index contributed by atoms with van der Waals surface area (Å²) in [5, 5.41) is 12.4. The van der Waals surface area contributed by atoms with Crippen molar-refractivity contribution in [2.45, 2.75) is 20.2 Å². The quantitative estimate of drug-likeness (QED) is 0.571. The van der Waals surface area contributed by atoms with Gasteiger partial charge >= 0.3 is 5.69 Å². The van der Waals surface area contributed by atoms with Crippen LogP contribution in [-0.4, -0.2) is 19.5 Å². The van der Waals surface area contributed by atoms with Crippen molar-refractivity contribution in [2.24, 2.45) is 0 Å². The first kappa shape index (κ1) is 8.56. The van der Waals surface area contributed by atoms with Crippen LogP contribution in [0.4, 0.5) is 0 Å². The number of hydrogen-bond acceptors (Lipinski definition) is 3. The van der Waals surface area contributed by atoms with E-state index in [1.54, 1.807) is 6.92 Å². The lowest BCUT2D eigenvalue weighted by molar-refractivity contribution is 0.189. The van der Waals surface area contributed by atoms with E-state index < -0.39 is 6.73 Å². The van der Waals surface area contributed by atoms with Crippen LogP contribution in [0.3, 0.4) is 0 Å². The Labute approximate surface area is 69.2 Å². The summed E-state index contributed by atoms with van der Waals surface area (Å²) in [6.45, 7) is 1.42. The average molecular weight is 167 g/mol. The third kappa shape index (κ3) is 1.24. The van der Waals surface area contributed by atoms with Gasteiger partial charge < -0.3 is 5.11 Å². The van der Waals surface area contributed by atoms with Gasteiger partial charge in [-0.3, -0.25) is 4.57 Å². The van der Waals surface area contributed by atoms with Crippen molar-refractivity contribution in [2.75, 3.05) is 0 Å². The molecule has 0 saturated carbocycles. The van der Waals surface area contributed by atoms with Crippen molar-refractivity contribution in [3.8, 4) is 12.3 Å². The van der Waals surface area contributed by atoms with Gasteiger partial charge in [-0.15, -0.1) is 6.42 Å². The lowest BCUT2D eigenvalue weighted by Gasteiger charge is -1.92. The monoisotopic (exact) mass is 167 g/mol. The van der Waals surface area contributed by atoms with E-state index in [2.05, 4.69) is 11.0 Å². The van der Waals surface area contributed by atoms with E-state index in [4.69, 9.17) is 11.5 Å². The molecule has 0 atom stereocenters. The molecule has 64 valence electrons. The predicted molar refractivity (Wildman–Crippen MR) is 42.3 cm³/mol. The first-order valence-corrected chi connectivity index (χ1v) is 3.39. The average Bonchev–Trinajstić information content (AvgIpc) is 2.32. The van der Waals surface area contributed by atoms with Crippen LogP contribution in [0.5, 0.6) is 0 Å². The van der Waals surface area contributed by atoms with Gasteiger partial charge in [-0.25, -0.2) is 4.79 Å². The maximum absolute atomic E-state index is 11.2. The molecule has 12 heavy (non-hydrogen) atoms. The molecule has 1 rings (SSSR count). The van der Waals surface area contributed by atoms with Crippen LogP contribution in [-0.2, 0) is 13.3 Å². The maximum Gasteiger partial charge on any atom is 0.349 e. The minimum absolute atomic E-state index is 0.185. The molecule has 0 bridgehead atoms. The molecule has 0 aliphatic heterocycles. The third-order valence-electron chi connectivity index (χ3n) is 1.49. The fourth-order valence-electron chi connectivity index (χ4n) is 0.915. The summed E-state index contributed by atoms with van der Waals surface area (Å²) < 4.78 is 2.27. The number of nitrogens with zero attached hydrogens (tertiary/aromatic N) is 3. The molecule has 0 fully saturated rings. The first-order chi connectivity index (χ1) is 5.70. The fourth-order valence-corrected chi connectivity index (χ4v) is 0.915. The topological polar surface area (TPSA) is 60.1 Å². The highest BCUT2D eigenvalue weighted by Crippen LogP contribution is 1.87. The van der Waals surface area contributed by atoms with E-state index in [-0.39, 0.29) is 12.2 Å². The summed E-state index contributed by atoms with van der Waals surface area (Å²) in [6.07, 6.45) is 5.04. The molecule has 0 saturated heterocycles. The molecular formula is C7H9N3O2. The summed E-state index contributed by atoms with van der Waals surface area (Å²) in [5.41, 5.74) is -0.382. The molecule has 1 heterocycles. The van der Waals surface area contributed by atoms with Gasteiger partial charge in [0, 0.05) is 0 Å². The number of aromatic nitrogens is 3. The van der Waals surface area contributed by atoms with Crippen molar-refractivity contribution < 1.29 is 5.11 Å². The molecule has 1 aromatic heterocycles. The van der Waals surface area contributed by atoms with Gasteiger partial charge in [-0.05, 0) is 6.92 Å². The van der Waals surface area contributed by atoms with Crippen LogP contribution in [0.1, 0.15) is 5.82 Å². The highest BCUT2D eigenvalue weighted by atomic mass is 16.3. The Bertz CT molecular complexity index is 369. The number of aliphatic hydroxyl groups is 1. The molecule has 0 aromatic carbocycles. The lowest BCUT2D eigenvalue weighted by Crippen LogP contribution is -2.24. The van der Waals surface area contributed by atoms with Crippen LogP contribution in [0, 0.1) is 19.3 Å². The minimum atomic E-state index is -0.419. The van der Waals surface area contributed by atoms with Crippen molar-refractivity contribution in [1.82, 2.24) is 14.3 Å². The molecule has 5 nitrogen and oxygen atoms in total. The molecule has 0 radical (unpaired) electrons. The van der Waals surface area contributed by atoms with E-state index in [9.17, 15) is 4.79 Å². The number of rotatable bonds is 2. The summed E-state index contributed by atoms with van der Waals surface area (Å²) >= 11 is 0. The molecule has 0 amide bonds. The van der Waals surface area contributed by atoms with Crippen molar-refractivity contribution >= 4 is 0 Å². The Balaban J connectivity index is 3.21. The molecule has 1 N–H and O–H groups in total. The van der Waals surface area contributed by atoms with Crippen LogP contribution in [0.15, 0.2) is 4.79 Å². The van der Waals surface area contributed by atoms with Gasteiger partial charge in [0.25, 0.3) is 0 Å². The van der Waals surface area contributed by atoms with Crippen LogP contribution in [0.25, 0.3) is 0 Å². The molecular weight excluding hydrogens is 158 g/mol. The largest absolute Gasteiger partial charge is 0.374 e. The van der Waals surface area contributed by atoms with Crippen molar-refractivity contribution in [3.63, 3.8) is 0 Å². The van der Waals surface area contributed by atoms with Crippen LogP contribution >= 0.6 is 0 Å². The van der Waals surface area contributed by atoms with Crippen molar-refractivity contribution in [1.29, 1.82) is 0 Å². The summed E-state index contributed by atoms with van der Waals surface area (Å²) in [5.74, 6) is 2.84. The molecule has 0 aliphatic rings. The van der Waals surface area contributed by atoms with Gasteiger partial charge in [0.15, 0.2) is 0 Å². The van der Waals surface area contributed by atoms with E-state index in [0.717, 1.165) is 4.68 Å². The highest BCUT2D eigenvalue weighted by Gasteiger charge is 2.06.